The van der Waals surface area contributed by atoms with E-state index in [4.69, 9.17) is 18.9 Å². The minimum atomic E-state index is -0.421. The topological polar surface area (TPSA) is 86.3 Å². The molecule has 1 N–H and O–H groups in total. The summed E-state index contributed by atoms with van der Waals surface area (Å²) in [6.07, 6.45) is 0.495. The number of nitrogens with zero attached hydrogens (tertiary/aromatic N) is 1. The van der Waals surface area contributed by atoms with Crippen LogP contribution < -0.4 is 29.2 Å². The molecular weight excluding hydrogens is 484 g/mol. The number of ether oxygens (including phenoxy) is 4. The smallest absolute Gasteiger partial charge is 0.231 e. The van der Waals surface area contributed by atoms with Gasteiger partial charge in [-0.1, -0.05) is 17.7 Å². The lowest BCUT2D eigenvalue weighted by atomic mass is 10.0. The standard InChI is InChI=1S/C30H32N2O6/c1-17-10-18(2)28(19(3)11-17)31-29(33)23-14-24(23)30(34)32(21-7-9-25-27(12-21)38-16-37-25)15-20-6-8-22(35-4)13-26(20)36-5/h6-13,23-24H,14-16H2,1-5H3,(H,31,33). The first-order chi connectivity index (χ1) is 18.3. The van der Waals surface area contributed by atoms with Crippen molar-refractivity contribution in [1.29, 1.82) is 0 Å². The molecule has 2 amide bonds. The van der Waals surface area contributed by atoms with E-state index in [1.54, 1.807) is 37.3 Å². The predicted octanol–water partition coefficient (Wildman–Crippen LogP) is 5.17. The van der Waals surface area contributed by atoms with Crippen LogP contribution in [0.4, 0.5) is 11.4 Å². The number of nitrogens with one attached hydrogen (secondary N) is 1. The number of aryl methyl sites for hydroxylation is 3. The third-order valence-corrected chi connectivity index (χ3v) is 7.13. The lowest BCUT2D eigenvalue weighted by Crippen LogP contribution is -2.33. The summed E-state index contributed by atoms with van der Waals surface area (Å²) >= 11 is 0. The van der Waals surface area contributed by atoms with E-state index in [1.165, 1.54) is 0 Å². The Morgan fingerprint density at radius 3 is 2.37 bits per heavy atom. The van der Waals surface area contributed by atoms with E-state index in [2.05, 4.69) is 5.32 Å². The molecule has 2 unspecified atom stereocenters. The summed E-state index contributed by atoms with van der Waals surface area (Å²) in [5.74, 6) is 1.41. The van der Waals surface area contributed by atoms with Gasteiger partial charge in [0, 0.05) is 29.1 Å². The number of benzene rings is 3. The van der Waals surface area contributed by atoms with E-state index in [1.807, 2.05) is 51.1 Å². The number of carbonyl (C=O) groups is 2. The number of rotatable bonds is 8. The summed E-state index contributed by atoms with van der Waals surface area (Å²) in [4.78, 5) is 28.7. The second-order valence-electron chi connectivity index (χ2n) is 9.85. The molecule has 2 aliphatic rings. The number of fused-ring (bicyclic) bond motifs is 1. The van der Waals surface area contributed by atoms with Crippen LogP contribution in [-0.2, 0) is 16.1 Å². The summed E-state index contributed by atoms with van der Waals surface area (Å²) in [5, 5.41) is 3.07. The second-order valence-corrected chi connectivity index (χ2v) is 9.85. The largest absolute Gasteiger partial charge is 0.497 e. The molecule has 0 radical (unpaired) electrons. The molecule has 3 aromatic rings. The van der Waals surface area contributed by atoms with Gasteiger partial charge in [-0.05, 0) is 62.6 Å². The fourth-order valence-electron chi connectivity index (χ4n) is 5.05. The van der Waals surface area contributed by atoms with Crippen LogP contribution in [0.2, 0.25) is 0 Å². The van der Waals surface area contributed by atoms with E-state index >= 15 is 0 Å². The van der Waals surface area contributed by atoms with Crippen LogP contribution in [0.1, 0.15) is 28.7 Å². The summed E-state index contributed by atoms with van der Waals surface area (Å²) in [7, 11) is 3.18. The first-order valence-electron chi connectivity index (χ1n) is 12.6. The first-order valence-corrected chi connectivity index (χ1v) is 12.6. The molecule has 0 saturated heterocycles. The van der Waals surface area contributed by atoms with E-state index in [0.29, 0.717) is 35.1 Å². The van der Waals surface area contributed by atoms with Gasteiger partial charge in [0.15, 0.2) is 11.5 Å². The van der Waals surface area contributed by atoms with Crippen molar-refractivity contribution in [3.8, 4) is 23.0 Å². The molecule has 0 spiro atoms. The minimum Gasteiger partial charge on any atom is -0.497 e. The molecule has 38 heavy (non-hydrogen) atoms. The van der Waals surface area contributed by atoms with Crippen LogP contribution in [0.25, 0.3) is 0 Å². The quantitative estimate of drug-likeness (QED) is 0.445. The van der Waals surface area contributed by atoms with Crippen molar-refractivity contribution >= 4 is 23.2 Å². The van der Waals surface area contributed by atoms with Gasteiger partial charge in [-0.2, -0.15) is 0 Å². The maximum atomic E-state index is 13.9. The van der Waals surface area contributed by atoms with Gasteiger partial charge in [-0.3, -0.25) is 9.59 Å². The number of hydrogen-bond donors (Lipinski definition) is 1. The summed E-state index contributed by atoms with van der Waals surface area (Å²) in [6, 6.07) is 15.0. The minimum absolute atomic E-state index is 0.126. The maximum absolute atomic E-state index is 13.9. The van der Waals surface area contributed by atoms with Crippen LogP contribution in [0, 0.1) is 32.6 Å². The Morgan fingerprint density at radius 2 is 1.66 bits per heavy atom. The van der Waals surface area contributed by atoms with Crippen molar-refractivity contribution < 1.29 is 28.5 Å². The van der Waals surface area contributed by atoms with Gasteiger partial charge in [-0.15, -0.1) is 0 Å². The Labute approximate surface area is 222 Å². The Kier molecular flexibility index (Phi) is 6.89. The third-order valence-electron chi connectivity index (χ3n) is 7.13. The van der Waals surface area contributed by atoms with Crippen LogP contribution in [0.5, 0.6) is 23.0 Å². The highest BCUT2D eigenvalue weighted by atomic mass is 16.7. The van der Waals surface area contributed by atoms with Crippen molar-refractivity contribution in [3.63, 3.8) is 0 Å². The van der Waals surface area contributed by atoms with E-state index in [0.717, 1.165) is 27.9 Å². The molecule has 1 fully saturated rings. The Morgan fingerprint density at radius 1 is 0.921 bits per heavy atom. The first kappa shape index (κ1) is 25.4. The molecule has 1 heterocycles. The highest BCUT2D eigenvalue weighted by molar-refractivity contribution is 6.05. The fourth-order valence-corrected chi connectivity index (χ4v) is 5.05. The van der Waals surface area contributed by atoms with E-state index in [9.17, 15) is 9.59 Å². The Bertz CT molecular complexity index is 1380. The van der Waals surface area contributed by atoms with Crippen molar-refractivity contribution in [1.82, 2.24) is 0 Å². The molecule has 198 valence electrons. The van der Waals surface area contributed by atoms with Crippen molar-refractivity contribution in [2.24, 2.45) is 11.8 Å². The average molecular weight is 517 g/mol. The van der Waals surface area contributed by atoms with Gasteiger partial charge in [0.05, 0.1) is 32.6 Å². The van der Waals surface area contributed by atoms with Gasteiger partial charge in [0.2, 0.25) is 18.6 Å². The number of carbonyl (C=O) groups excluding carboxylic acids is 2. The fraction of sp³-hybridized carbons (Fsp3) is 0.333. The molecule has 0 aromatic heterocycles. The highest BCUT2D eigenvalue weighted by Gasteiger charge is 2.50. The van der Waals surface area contributed by atoms with Crippen molar-refractivity contribution in [3.05, 3.63) is 70.8 Å². The molecule has 0 bridgehead atoms. The SMILES string of the molecule is COc1ccc(CN(C(=O)C2CC2C(=O)Nc2c(C)cc(C)cc2C)c2ccc3c(c2)OCO3)c(OC)c1. The Hall–Kier alpha value is -4.20. The zero-order valence-electron chi connectivity index (χ0n) is 22.3. The normalized spacial score (nSPS) is 17.1. The van der Waals surface area contributed by atoms with Gasteiger partial charge < -0.3 is 29.2 Å². The summed E-state index contributed by atoms with van der Waals surface area (Å²) in [5.41, 5.74) is 5.45. The van der Waals surface area contributed by atoms with E-state index in [-0.39, 0.29) is 25.2 Å². The van der Waals surface area contributed by atoms with Gasteiger partial charge in [0.25, 0.3) is 0 Å². The molecule has 8 nitrogen and oxygen atoms in total. The number of hydrogen-bond acceptors (Lipinski definition) is 6. The molecular formula is C30H32N2O6. The number of amides is 2. The van der Waals surface area contributed by atoms with Gasteiger partial charge >= 0.3 is 0 Å². The second kappa shape index (κ2) is 10.3. The van der Waals surface area contributed by atoms with Crippen LogP contribution >= 0.6 is 0 Å². The van der Waals surface area contributed by atoms with Crippen LogP contribution in [-0.4, -0.2) is 32.8 Å². The molecule has 1 aliphatic carbocycles. The molecule has 3 aromatic carbocycles. The zero-order chi connectivity index (χ0) is 27.0. The number of anilines is 2. The van der Waals surface area contributed by atoms with Crippen molar-refractivity contribution in [2.45, 2.75) is 33.7 Å². The predicted molar refractivity (Wildman–Crippen MR) is 144 cm³/mol. The monoisotopic (exact) mass is 516 g/mol. The molecule has 8 heteroatoms. The molecule has 5 rings (SSSR count). The average Bonchev–Trinajstić information content (AvgIpc) is 3.58. The maximum Gasteiger partial charge on any atom is 0.231 e. The summed E-state index contributed by atoms with van der Waals surface area (Å²) in [6.45, 7) is 6.39. The third kappa shape index (κ3) is 4.98. The van der Waals surface area contributed by atoms with Crippen LogP contribution in [0.15, 0.2) is 48.5 Å². The molecule has 2 atom stereocenters. The van der Waals surface area contributed by atoms with E-state index < -0.39 is 11.8 Å². The van der Waals surface area contributed by atoms with Crippen LogP contribution in [0.3, 0.4) is 0 Å². The lowest BCUT2D eigenvalue weighted by Gasteiger charge is -2.25. The summed E-state index contributed by atoms with van der Waals surface area (Å²) < 4.78 is 21.9. The lowest BCUT2D eigenvalue weighted by molar-refractivity contribution is -0.123. The zero-order valence-corrected chi connectivity index (χ0v) is 22.3. The molecule has 1 aliphatic heterocycles. The Balaban J connectivity index is 1.40. The highest BCUT2D eigenvalue weighted by Crippen LogP contribution is 2.44. The molecule has 1 saturated carbocycles. The van der Waals surface area contributed by atoms with Gasteiger partial charge in [0.1, 0.15) is 11.5 Å². The van der Waals surface area contributed by atoms with Gasteiger partial charge in [-0.25, -0.2) is 0 Å². The van der Waals surface area contributed by atoms with Crippen molar-refractivity contribution in [2.75, 3.05) is 31.2 Å². The number of methoxy groups -OCH3 is 2.